The summed E-state index contributed by atoms with van der Waals surface area (Å²) in [6, 6.07) is 4.03. The molecule has 0 aromatic carbocycles. The molecule has 0 radical (unpaired) electrons. The van der Waals surface area contributed by atoms with E-state index in [-0.39, 0.29) is 16.2 Å². The fraction of sp³-hybridized carbons (Fsp3) is 0.737. The molecule has 1 spiro atoms. The van der Waals surface area contributed by atoms with Crippen molar-refractivity contribution in [3.05, 3.63) is 29.1 Å². The van der Waals surface area contributed by atoms with Crippen molar-refractivity contribution < 1.29 is 9.66 Å². The van der Waals surface area contributed by atoms with Gasteiger partial charge in [0.05, 0.1) is 11.7 Å². The summed E-state index contributed by atoms with van der Waals surface area (Å²) in [6.45, 7) is 11.5. The molecular formula is C19H31N3O2S. The van der Waals surface area contributed by atoms with Gasteiger partial charge in [-0.2, -0.15) is 0 Å². The molecular weight excluding hydrogens is 334 g/mol. The number of pyridine rings is 1. The molecule has 1 aromatic heterocycles. The van der Waals surface area contributed by atoms with Crippen LogP contribution in [0.2, 0.25) is 0 Å². The maximum absolute atomic E-state index is 12.8. The Hall–Kier alpha value is -0.660. The Morgan fingerprint density at radius 3 is 2.44 bits per heavy atom. The van der Waals surface area contributed by atoms with Gasteiger partial charge in [-0.25, -0.2) is 0 Å². The van der Waals surface area contributed by atoms with E-state index < -0.39 is 17.0 Å². The van der Waals surface area contributed by atoms with E-state index >= 15 is 0 Å². The van der Waals surface area contributed by atoms with Gasteiger partial charge in [-0.15, -0.1) is 4.72 Å². The number of nitrogens with one attached hydrogen (secondary N) is 2. The van der Waals surface area contributed by atoms with Crippen molar-refractivity contribution in [2.75, 3.05) is 13.1 Å². The standard InChI is InChI=1S/C19H31N3O2S/c1-17(2,3)25(24)22-16-13-6-7-15(18(4,5)23)21-14(13)12-19(16)8-10-20-11-9-19/h6-7,16,20,22-23H,8-12H2,1-5H3/t16-,25?/m1/s1. The highest BCUT2D eigenvalue weighted by molar-refractivity contribution is 7.90. The molecule has 6 heteroatoms. The molecule has 0 bridgehead atoms. The fourth-order valence-electron chi connectivity index (χ4n) is 3.89. The van der Waals surface area contributed by atoms with E-state index in [9.17, 15) is 9.66 Å². The zero-order valence-electron chi connectivity index (χ0n) is 16.0. The van der Waals surface area contributed by atoms with E-state index in [1.54, 1.807) is 13.8 Å². The number of fused-ring (bicyclic) bond motifs is 1. The third-order valence-corrected chi connectivity index (χ3v) is 7.02. The minimum Gasteiger partial charge on any atom is -0.598 e. The Morgan fingerprint density at radius 2 is 1.88 bits per heavy atom. The number of aromatic nitrogens is 1. The summed E-state index contributed by atoms with van der Waals surface area (Å²) < 4.78 is 15.9. The normalized spacial score (nSPS) is 24.4. The predicted octanol–water partition coefficient (Wildman–Crippen LogP) is 2.33. The van der Waals surface area contributed by atoms with Crippen LogP contribution in [0.25, 0.3) is 0 Å². The van der Waals surface area contributed by atoms with Crippen molar-refractivity contribution in [3.8, 4) is 0 Å². The first-order valence-corrected chi connectivity index (χ1v) is 10.3. The molecule has 1 aromatic rings. The number of hydrogen-bond donors (Lipinski definition) is 3. The SMILES string of the molecule is CC(C)(O)c1ccc2c(n1)CC1(CCNCC1)[C@@H]2N[S+]([O-])C(C)(C)C. The Kier molecular flexibility index (Phi) is 4.97. The van der Waals surface area contributed by atoms with E-state index in [0.29, 0.717) is 5.69 Å². The lowest BCUT2D eigenvalue weighted by atomic mass is 9.74. The molecule has 2 heterocycles. The molecule has 5 nitrogen and oxygen atoms in total. The van der Waals surface area contributed by atoms with Gasteiger partial charge in [0.25, 0.3) is 0 Å². The van der Waals surface area contributed by atoms with Crippen molar-refractivity contribution in [1.29, 1.82) is 0 Å². The smallest absolute Gasteiger partial charge is 0.136 e. The third kappa shape index (κ3) is 3.74. The van der Waals surface area contributed by atoms with Crippen LogP contribution in [0.3, 0.4) is 0 Å². The quantitative estimate of drug-likeness (QED) is 0.717. The summed E-state index contributed by atoms with van der Waals surface area (Å²) in [4.78, 5) is 4.78. The van der Waals surface area contributed by atoms with Crippen LogP contribution in [-0.2, 0) is 23.4 Å². The fourth-order valence-corrected chi connectivity index (χ4v) is 4.83. The van der Waals surface area contributed by atoms with Crippen molar-refractivity contribution in [2.24, 2.45) is 5.41 Å². The Labute approximate surface area is 154 Å². The van der Waals surface area contributed by atoms with E-state index in [1.165, 1.54) is 0 Å². The molecule has 1 fully saturated rings. The van der Waals surface area contributed by atoms with Crippen LogP contribution >= 0.6 is 0 Å². The van der Waals surface area contributed by atoms with Crippen LogP contribution in [-0.4, -0.2) is 32.5 Å². The summed E-state index contributed by atoms with van der Waals surface area (Å²) in [7, 11) is 0. The lowest BCUT2D eigenvalue weighted by Gasteiger charge is -2.40. The molecule has 1 aliphatic carbocycles. The van der Waals surface area contributed by atoms with Crippen LogP contribution in [0.5, 0.6) is 0 Å². The largest absolute Gasteiger partial charge is 0.598 e. The molecule has 0 saturated carbocycles. The van der Waals surface area contributed by atoms with Crippen molar-refractivity contribution in [1.82, 2.24) is 15.0 Å². The number of hydrogen-bond acceptors (Lipinski definition) is 5. The Morgan fingerprint density at radius 1 is 1.24 bits per heavy atom. The zero-order valence-corrected chi connectivity index (χ0v) is 16.8. The summed E-state index contributed by atoms with van der Waals surface area (Å²) in [5.41, 5.74) is 2.00. The van der Waals surface area contributed by atoms with Crippen LogP contribution < -0.4 is 10.0 Å². The lowest BCUT2D eigenvalue weighted by Crippen LogP contribution is -2.48. The second-order valence-corrected chi connectivity index (χ2v) is 11.0. The zero-order chi connectivity index (χ0) is 18.5. The molecule has 1 saturated heterocycles. The number of piperidine rings is 1. The minimum absolute atomic E-state index is 0.0491. The molecule has 3 rings (SSSR count). The first kappa shape index (κ1) is 19.1. The Bertz CT molecular complexity index is 631. The lowest BCUT2D eigenvalue weighted by molar-refractivity contribution is 0.0735. The van der Waals surface area contributed by atoms with Crippen LogP contribution in [0.15, 0.2) is 12.1 Å². The highest BCUT2D eigenvalue weighted by Crippen LogP contribution is 2.51. The molecule has 0 amide bonds. The molecule has 1 aliphatic heterocycles. The summed E-state index contributed by atoms with van der Waals surface area (Å²) in [5.74, 6) is 0. The molecule has 2 aliphatic rings. The molecule has 2 atom stereocenters. The average Bonchev–Trinajstić information content (AvgIpc) is 2.79. The van der Waals surface area contributed by atoms with Gasteiger partial charge < -0.3 is 15.0 Å². The maximum Gasteiger partial charge on any atom is 0.136 e. The maximum atomic E-state index is 12.8. The van der Waals surface area contributed by atoms with Gasteiger partial charge >= 0.3 is 0 Å². The van der Waals surface area contributed by atoms with Gasteiger partial charge in [-0.3, -0.25) is 4.98 Å². The predicted molar refractivity (Wildman–Crippen MR) is 101 cm³/mol. The molecule has 140 valence electrons. The summed E-state index contributed by atoms with van der Waals surface area (Å²) >= 11 is -1.13. The summed E-state index contributed by atoms with van der Waals surface area (Å²) in [6.07, 6.45) is 2.97. The summed E-state index contributed by atoms with van der Waals surface area (Å²) in [5, 5.41) is 13.7. The van der Waals surface area contributed by atoms with E-state index in [0.717, 1.165) is 43.6 Å². The van der Waals surface area contributed by atoms with E-state index in [1.807, 2.05) is 26.8 Å². The van der Waals surface area contributed by atoms with Crippen LogP contribution in [0, 0.1) is 5.41 Å². The van der Waals surface area contributed by atoms with E-state index in [4.69, 9.17) is 4.98 Å². The van der Waals surface area contributed by atoms with Crippen molar-refractivity contribution >= 4 is 11.4 Å². The van der Waals surface area contributed by atoms with Gasteiger partial charge in [0.1, 0.15) is 10.3 Å². The van der Waals surface area contributed by atoms with Crippen LogP contribution in [0.4, 0.5) is 0 Å². The minimum atomic E-state index is -1.13. The molecule has 3 N–H and O–H groups in total. The van der Waals surface area contributed by atoms with Gasteiger partial charge in [0.2, 0.25) is 0 Å². The highest BCUT2D eigenvalue weighted by atomic mass is 32.2. The number of aliphatic hydroxyl groups is 1. The van der Waals surface area contributed by atoms with Gasteiger partial charge in [0, 0.05) is 22.5 Å². The first-order chi connectivity index (χ1) is 11.5. The van der Waals surface area contributed by atoms with Crippen molar-refractivity contribution in [3.63, 3.8) is 0 Å². The Balaban J connectivity index is 1.98. The topological polar surface area (TPSA) is 80.2 Å². The molecule has 1 unspecified atom stereocenters. The first-order valence-electron chi connectivity index (χ1n) is 9.14. The second-order valence-electron chi connectivity index (χ2n) is 9.01. The third-order valence-electron chi connectivity index (χ3n) is 5.46. The van der Waals surface area contributed by atoms with Gasteiger partial charge in [0.15, 0.2) is 0 Å². The van der Waals surface area contributed by atoms with E-state index in [2.05, 4.69) is 16.1 Å². The highest BCUT2D eigenvalue weighted by Gasteiger charge is 2.50. The number of nitrogens with zero attached hydrogens (tertiary/aromatic N) is 1. The van der Waals surface area contributed by atoms with Gasteiger partial charge in [-0.1, -0.05) is 6.07 Å². The van der Waals surface area contributed by atoms with Crippen molar-refractivity contribution in [2.45, 2.75) is 70.3 Å². The van der Waals surface area contributed by atoms with Crippen LogP contribution in [0.1, 0.15) is 70.5 Å². The van der Waals surface area contributed by atoms with Gasteiger partial charge in [-0.05, 0) is 78.6 Å². The molecule has 25 heavy (non-hydrogen) atoms. The monoisotopic (exact) mass is 365 g/mol. The number of rotatable bonds is 3. The second kappa shape index (κ2) is 6.50. The average molecular weight is 366 g/mol.